The van der Waals surface area contributed by atoms with E-state index in [2.05, 4.69) is 0 Å². The summed E-state index contributed by atoms with van der Waals surface area (Å²) in [6.45, 7) is -3.39. The lowest BCUT2D eigenvalue weighted by Crippen LogP contribution is -2.67. The Morgan fingerprint density at radius 1 is 0.333 bits per heavy atom. The first-order chi connectivity index (χ1) is 21.3. The molecule has 0 radical (unpaired) electrons. The van der Waals surface area contributed by atoms with Gasteiger partial charge in [-0.3, -0.25) is 0 Å². The molecule has 0 aromatic rings. The summed E-state index contributed by atoms with van der Waals surface area (Å²) in [5, 5.41) is 143. The first-order valence-corrected chi connectivity index (χ1v) is 14.1. The van der Waals surface area contributed by atoms with E-state index in [4.69, 9.17) is 33.2 Å². The van der Waals surface area contributed by atoms with Crippen molar-refractivity contribution in [2.24, 2.45) is 0 Å². The normalized spacial score (nSPS) is 52.9. The Balaban J connectivity index is 1.56. The van der Waals surface area contributed by atoms with Crippen LogP contribution in [0.4, 0.5) is 0 Å². The molecule has 4 aliphatic heterocycles. The second-order valence-corrected chi connectivity index (χ2v) is 11.1. The molecule has 20 atom stereocenters. The molecule has 0 spiro atoms. The van der Waals surface area contributed by atoms with E-state index >= 15 is 0 Å². The number of aliphatic hydroxyl groups is 14. The molecule has 45 heavy (non-hydrogen) atoms. The summed E-state index contributed by atoms with van der Waals surface area (Å²) >= 11 is 0. The molecule has 4 saturated heterocycles. The Morgan fingerprint density at radius 3 is 1.24 bits per heavy atom. The van der Waals surface area contributed by atoms with Crippen LogP contribution < -0.4 is 0 Å². The smallest absolute Gasteiger partial charge is 0.187 e. The van der Waals surface area contributed by atoms with Crippen LogP contribution in [0.2, 0.25) is 0 Å². The van der Waals surface area contributed by atoms with Crippen molar-refractivity contribution in [3.8, 4) is 0 Å². The third-order valence-corrected chi connectivity index (χ3v) is 8.21. The third-order valence-electron chi connectivity index (χ3n) is 8.21. The van der Waals surface area contributed by atoms with Gasteiger partial charge < -0.3 is 105 Å². The highest BCUT2D eigenvalue weighted by atomic mass is 16.8. The van der Waals surface area contributed by atoms with Crippen molar-refractivity contribution >= 4 is 0 Å². The molecule has 21 nitrogen and oxygen atoms in total. The van der Waals surface area contributed by atoms with E-state index in [1.165, 1.54) is 0 Å². The van der Waals surface area contributed by atoms with E-state index in [0.717, 1.165) is 0 Å². The van der Waals surface area contributed by atoms with Crippen molar-refractivity contribution < 1.29 is 105 Å². The maximum absolute atomic E-state index is 11.1. The van der Waals surface area contributed by atoms with Crippen molar-refractivity contribution in [1.29, 1.82) is 0 Å². The van der Waals surface area contributed by atoms with E-state index in [1.807, 2.05) is 0 Å². The van der Waals surface area contributed by atoms with Crippen LogP contribution in [-0.2, 0) is 33.2 Å². The van der Waals surface area contributed by atoms with Crippen LogP contribution in [-0.4, -0.2) is 221 Å². The Morgan fingerprint density at radius 2 is 0.711 bits per heavy atom. The third kappa shape index (κ3) is 7.44. The van der Waals surface area contributed by atoms with Gasteiger partial charge in [0.2, 0.25) is 0 Å². The zero-order valence-corrected chi connectivity index (χ0v) is 23.5. The van der Waals surface area contributed by atoms with Crippen LogP contribution in [0, 0.1) is 0 Å². The summed E-state index contributed by atoms with van der Waals surface area (Å²) in [6.07, 6.45) is -36.3. The minimum absolute atomic E-state index is 0.785. The van der Waals surface area contributed by atoms with Crippen LogP contribution in [0.1, 0.15) is 0 Å². The second-order valence-electron chi connectivity index (χ2n) is 11.1. The summed E-state index contributed by atoms with van der Waals surface area (Å²) in [5.41, 5.74) is 0. The van der Waals surface area contributed by atoms with E-state index in [1.54, 1.807) is 0 Å². The largest absolute Gasteiger partial charge is 0.394 e. The van der Waals surface area contributed by atoms with Crippen LogP contribution in [0.15, 0.2) is 0 Å². The second kappa shape index (κ2) is 15.6. The summed E-state index contributed by atoms with van der Waals surface area (Å²) in [5.74, 6) is 0. The summed E-state index contributed by atoms with van der Waals surface area (Å²) in [4.78, 5) is 0. The molecule has 4 heterocycles. The standard InChI is InChI=1S/C24H42O21/c25-1-5-10(30)14(34)19(21(38)39-5)44-24-20(15(35)11(31)7(3-27)42-24)45-23-17(37)18(12(32)8(4-28)41-23)43-22-16(36)13(33)9(29)6(2-26)40-22/h5-38H,1-4H2/t5?,6?,7?,8?,9-,10-,11-,12-,13?,14?,15?,16?,17?,18?,19?,20?,21+,22-,23-,24-/m1/s1. The number of hydrogen-bond donors (Lipinski definition) is 14. The first-order valence-electron chi connectivity index (χ1n) is 14.1. The predicted octanol–water partition coefficient (Wildman–Crippen LogP) is -9.75. The molecule has 4 aliphatic rings. The molecule has 0 aromatic carbocycles. The van der Waals surface area contributed by atoms with Gasteiger partial charge >= 0.3 is 0 Å². The van der Waals surface area contributed by atoms with Gasteiger partial charge in [-0.05, 0) is 0 Å². The lowest BCUT2D eigenvalue weighted by atomic mass is 9.96. The van der Waals surface area contributed by atoms with E-state index < -0.39 is 149 Å². The molecular weight excluding hydrogens is 624 g/mol. The van der Waals surface area contributed by atoms with Gasteiger partial charge in [0.05, 0.1) is 26.4 Å². The molecule has 12 unspecified atom stereocenters. The number of aliphatic hydroxyl groups excluding tert-OH is 14. The fourth-order valence-electron chi connectivity index (χ4n) is 5.50. The highest BCUT2D eigenvalue weighted by Gasteiger charge is 2.55. The Hall–Kier alpha value is -0.840. The average molecular weight is 667 g/mol. The van der Waals surface area contributed by atoms with Crippen LogP contribution in [0.25, 0.3) is 0 Å². The molecule has 4 fully saturated rings. The number of ether oxygens (including phenoxy) is 7. The zero-order valence-electron chi connectivity index (χ0n) is 23.5. The molecule has 4 rings (SSSR count). The van der Waals surface area contributed by atoms with Gasteiger partial charge in [0.25, 0.3) is 0 Å². The summed E-state index contributed by atoms with van der Waals surface area (Å²) in [7, 11) is 0. The minimum Gasteiger partial charge on any atom is -0.394 e. The molecular formula is C24H42O21. The molecule has 14 N–H and O–H groups in total. The number of rotatable bonds is 10. The van der Waals surface area contributed by atoms with Gasteiger partial charge in [-0.15, -0.1) is 0 Å². The zero-order chi connectivity index (χ0) is 33.3. The molecule has 0 amide bonds. The van der Waals surface area contributed by atoms with Crippen molar-refractivity contribution in [1.82, 2.24) is 0 Å². The van der Waals surface area contributed by atoms with Crippen LogP contribution in [0.3, 0.4) is 0 Å². The fraction of sp³-hybridized carbons (Fsp3) is 1.00. The van der Waals surface area contributed by atoms with E-state index in [-0.39, 0.29) is 0 Å². The molecule has 0 bridgehead atoms. The van der Waals surface area contributed by atoms with Crippen LogP contribution in [0.5, 0.6) is 0 Å². The highest BCUT2D eigenvalue weighted by molar-refractivity contribution is 4.97. The average Bonchev–Trinajstić information content (AvgIpc) is 3.03. The van der Waals surface area contributed by atoms with Crippen LogP contribution >= 0.6 is 0 Å². The molecule has 0 aliphatic carbocycles. The van der Waals surface area contributed by atoms with E-state index in [9.17, 15) is 71.5 Å². The monoisotopic (exact) mass is 666 g/mol. The van der Waals surface area contributed by atoms with E-state index in [0.29, 0.717) is 0 Å². The van der Waals surface area contributed by atoms with Gasteiger partial charge in [0.15, 0.2) is 25.2 Å². The lowest BCUT2D eigenvalue weighted by Gasteiger charge is -2.49. The maximum Gasteiger partial charge on any atom is 0.187 e. The van der Waals surface area contributed by atoms with Crippen molar-refractivity contribution in [2.45, 2.75) is 123 Å². The van der Waals surface area contributed by atoms with Gasteiger partial charge in [0.1, 0.15) is 97.7 Å². The quantitative estimate of drug-likeness (QED) is 0.103. The van der Waals surface area contributed by atoms with Crippen molar-refractivity contribution in [2.75, 3.05) is 26.4 Å². The van der Waals surface area contributed by atoms with Crippen molar-refractivity contribution in [3.63, 3.8) is 0 Å². The highest BCUT2D eigenvalue weighted by Crippen LogP contribution is 2.34. The Bertz CT molecular complexity index is 916. The number of hydrogen-bond acceptors (Lipinski definition) is 21. The predicted molar refractivity (Wildman–Crippen MR) is 134 cm³/mol. The maximum atomic E-state index is 11.1. The molecule has 264 valence electrons. The minimum atomic E-state index is -2.07. The van der Waals surface area contributed by atoms with Gasteiger partial charge in [-0.1, -0.05) is 0 Å². The Labute approximate surface area is 254 Å². The van der Waals surface area contributed by atoms with Gasteiger partial charge in [0, 0.05) is 0 Å². The fourth-order valence-corrected chi connectivity index (χ4v) is 5.50. The first kappa shape index (κ1) is 37.0. The molecule has 0 aromatic heterocycles. The Kier molecular flexibility index (Phi) is 12.8. The summed E-state index contributed by atoms with van der Waals surface area (Å²) < 4.78 is 37.9. The van der Waals surface area contributed by atoms with Gasteiger partial charge in [-0.25, -0.2) is 0 Å². The SMILES string of the molecule is OCC1O[C@H](OC2C(O)[C@@H](OC3C(O)[C@H](O)C(CO)O[C@@H]3OC3C(O)[C@H](O)C(CO)O[C@@H]3O)OC(CO)[C@H]2O)C(O)C(O)[C@@H]1O. The molecule has 0 saturated carbocycles. The molecule has 21 heteroatoms. The topological polar surface area (TPSA) is 348 Å². The summed E-state index contributed by atoms with van der Waals surface area (Å²) in [6, 6.07) is 0. The van der Waals surface area contributed by atoms with Crippen molar-refractivity contribution in [3.05, 3.63) is 0 Å². The van der Waals surface area contributed by atoms with Gasteiger partial charge in [-0.2, -0.15) is 0 Å². The lowest BCUT2D eigenvalue weighted by molar-refractivity contribution is -0.399.